The number of hydrogen-bond acceptors (Lipinski definition) is 2. The zero-order chi connectivity index (χ0) is 12.7. The number of anilines is 1. The predicted molar refractivity (Wildman–Crippen MR) is 74.5 cm³/mol. The van der Waals surface area contributed by atoms with Gasteiger partial charge >= 0.3 is 0 Å². The standard InChI is InChI=1S/C14H16ClN3/c1-9-4-12(13(15)5-14(9)16)11-6-17-18(8-11)7-10-2-3-10/h4-6,8,10H,2-3,7,16H2,1H3. The minimum Gasteiger partial charge on any atom is -0.398 e. The molecule has 0 saturated heterocycles. The van der Waals surface area contributed by atoms with Crippen molar-refractivity contribution in [3.8, 4) is 11.1 Å². The van der Waals surface area contributed by atoms with E-state index in [1.807, 2.05) is 29.9 Å². The first-order chi connectivity index (χ1) is 8.63. The Morgan fingerprint density at radius 2 is 2.22 bits per heavy atom. The maximum absolute atomic E-state index is 6.25. The molecule has 1 aliphatic carbocycles. The summed E-state index contributed by atoms with van der Waals surface area (Å²) in [5, 5.41) is 5.08. The summed E-state index contributed by atoms with van der Waals surface area (Å²) in [4.78, 5) is 0. The highest BCUT2D eigenvalue weighted by molar-refractivity contribution is 6.33. The van der Waals surface area contributed by atoms with E-state index in [0.717, 1.165) is 34.8 Å². The van der Waals surface area contributed by atoms with Crippen LogP contribution in [0.15, 0.2) is 24.5 Å². The molecule has 0 radical (unpaired) electrons. The molecule has 0 unspecified atom stereocenters. The van der Waals surface area contributed by atoms with E-state index in [4.69, 9.17) is 17.3 Å². The Hall–Kier alpha value is -1.48. The Kier molecular flexibility index (Phi) is 2.78. The Bertz CT molecular complexity index is 585. The third-order valence-electron chi connectivity index (χ3n) is 3.44. The van der Waals surface area contributed by atoms with Crippen molar-refractivity contribution in [3.63, 3.8) is 0 Å². The van der Waals surface area contributed by atoms with Gasteiger partial charge in [0.15, 0.2) is 0 Å². The third-order valence-corrected chi connectivity index (χ3v) is 3.75. The lowest BCUT2D eigenvalue weighted by Crippen LogP contribution is -1.99. The maximum atomic E-state index is 6.25. The summed E-state index contributed by atoms with van der Waals surface area (Å²) >= 11 is 6.25. The van der Waals surface area contributed by atoms with Crippen LogP contribution in [0.3, 0.4) is 0 Å². The third kappa shape index (κ3) is 2.23. The minimum atomic E-state index is 0.684. The second-order valence-corrected chi connectivity index (χ2v) is 5.49. The molecule has 1 aliphatic rings. The van der Waals surface area contributed by atoms with Crippen molar-refractivity contribution in [2.45, 2.75) is 26.3 Å². The molecular formula is C14H16ClN3. The van der Waals surface area contributed by atoms with Crippen molar-refractivity contribution >= 4 is 17.3 Å². The van der Waals surface area contributed by atoms with Gasteiger partial charge in [0, 0.05) is 29.6 Å². The van der Waals surface area contributed by atoms with Crippen molar-refractivity contribution in [2.75, 3.05) is 5.73 Å². The van der Waals surface area contributed by atoms with E-state index in [1.165, 1.54) is 12.8 Å². The molecule has 0 bridgehead atoms. The molecule has 1 fully saturated rings. The molecule has 18 heavy (non-hydrogen) atoms. The minimum absolute atomic E-state index is 0.684. The highest BCUT2D eigenvalue weighted by atomic mass is 35.5. The number of rotatable bonds is 3. The monoisotopic (exact) mass is 261 g/mol. The fraction of sp³-hybridized carbons (Fsp3) is 0.357. The van der Waals surface area contributed by atoms with Crippen LogP contribution in [-0.4, -0.2) is 9.78 Å². The molecule has 1 saturated carbocycles. The first-order valence-corrected chi connectivity index (χ1v) is 6.60. The highest BCUT2D eigenvalue weighted by Gasteiger charge is 2.22. The van der Waals surface area contributed by atoms with Gasteiger partial charge in [-0.2, -0.15) is 5.10 Å². The predicted octanol–water partition coefficient (Wildman–Crippen LogP) is 3.50. The molecule has 3 rings (SSSR count). The summed E-state index contributed by atoms with van der Waals surface area (Å²) < 4.78 is 2.01. The summed E-state index contributed by atoms with van der Waals surface area (Å²) in [5.74, 6) is 0.821. The van der Waals surface area contributed by atoms with Crippen LogP contribution in [0, 0.1) is 12.8 Å². The van der Waals surface area contributed by atoms with Crippen LogP contribution in [0.5, 0.6) is 0 Å². The van der Waals surface area contributed by atoms with Gasteiger partial charge in [-0.05, 0) is 43.4 Å². The number of nitrogens with zero attached hydrogens (tertiary/aromatic N) is 2. The molecule has 1 aromatic heterocycles. The van der Waals surface area contributed by atoms with Gasteiger partial charge in [-0.3, -0.25) is 4.68 Å². The average Bonchev–Trinajstić information content (AvgIpc) is 3.01. The van der Waals surface area contributed by atoms with E-state index in [0.29, 0.717) is 5.02 Å². The normalized spacial score (nSPS) is 15.0. The topological polar surface area (TPSA) is 43.8 Å². The molecular weight excluding hydrogens is 246 g/mol. The fourth-order valence-electron chi connectivity index (χ4n) is 2.09. The summed E-state index contributed by atoms with van der Waals surface area (Å²) in [6, 6.07) is 3.83. The molecule has 1 aromatic carbocycles. The van der Waals surface area contributed by atoms with E-state index in [2.05, 4.69) is 11.3 Å². The molecule has 0 spiro atoms. The summed E-state index contributed by atoms with van der Waals surface area (Å²) in [6.07, 6.45) is 6.60. The Balaban J connectivity index is 1.93. The quantitative estimate of drug-likeness (QED) is 0.860. The molecule has 94 valence electrons. The SMILES string of the molecule is Cc1cc(-c2cnn(CC3CC3)c2)c(Cl)cc1N. The molecule has 0 atom stereocenters. The summed E-state index contributed by atoms with van der Waals surface area (Å²) in [7, 11) is 0. The molecule has 3 nitrogen and oxygen atoms in total. The highest BCUT2D eigenvalue weighted by Crippen LogP contribution is 2.33. The Morgan fingerprint density at radius 3 is 2.94 bits per heavy atom. The second-order valence-electron chi connectivity index (χ2n) is 5.08. The van der Waals surface area contributed by atoms with Crippen LogP contribution in [0.1, 0.15) is 18.4 Å². The van der Waals surface area contributed by atoms with Crippen molar-refractivity contribution in [3.05, 3.63) is 35.1 Å². The van der Waals surface area contributed by atoms with E-state index in [9.17, 15) is 0 Å². The summed E-state index contributed by atoms with van der Waals surface area (Å²) in [5.41, 5.74) is 9.68. The van der Waals surface area contributed by atoms with Crippen LogP contribution in [-0.2, 0) is 6.54 Å². The Morgan fingerprint density at radius 1 is 1.44 bits per heavy atom. The van der Waals surface area contributed by atoms with Crippen molar-refractivity contribution in [1.82, 2.24) is 9.78 Å². The molecule has 0 aliphatic heterocycles. The van der Waals surface area contributed by atoms with Crippen LogP contribution in [0.2, 0.25) is 5.02 Å². The zero-order valence-electron chi connectivity index (χ0n) is 10.4. The molecule has 1 heterocycles. The zero-order valence-corrected chi connectivity index (χ0v) is 11.1. The van der Waals surface area contributed by atoms with Crippen LogP contribution < -0.4 is 5.73 Å². The van der Waals surface area contributed by atoms with E-state index < -0.39 is 0 Å². The van der Waals surface area contributed by atoms with Gasteiger partial charge in [-0.15, -0.1) is 0 Å². The maximum Gasteiger partial charge on any atom is 0.0568 e. The number of nitrogens with two attached hydrogens (primary N) is 1. The van der Waals surface area contributed by atoms with Crippen LogP contribution in [0.25, 0.3) is 11.1 Å². The van der Waals surface area contributed by atoms with Gasteiger partial charge in [0.25, 0.3) is 0 Å². The van der Waals surface area contributed by atoms with E-state index in [1.54, 1.807) is 0 Å². The largest absolute Gasteiger partial charge is 0.398 e. The molecule has 2 N–H and O–H groups in total. The average molecular weight is 262 g/mol. The lowest BCUT2D eigenvalue weighted by atomic mass is 10.1. The molecule has 0 amide bonds. The number of aromatic nitrogens is 2. The van der Waals surface area contributed by atoms with Crippen molar-refractivity contribution in [1.29, 1.82) is 0 Å². The fourth-order valence-corrected chi connectivity index (χ4v) is 2.37. The Labute approximate surface area is 112 Å². The van der Waals surface area contributed by atoms with Gasteiger partial charge in [-0.25, -0.2) is 0 Å². The first kappa shape index (κ1) is 11.6. The number of hydrogen-bond donors (Lipinski definition) is 1. The smallest absolute Gasteiger partial charge is 0.0568 e. The number of nitrogen functional groups attached to an aromatic ring is 1. The number of aryl methyl sites for hydroxylation is 1. The van der Waals surface area contributed by atoms with Crippen molar-refractivity contribution < 1.29 is 0 Å². The van der Waals surface area contributed by atoms with E-state index in [-0.39, 0.29) is 0 Å². The van der Waals surface area contributed by atoms with Gasteiger partial charge in [0.05, 0.1) is 11.2 Å². The van der Waals surface area contributed by atoms with Crippen molar-refractivity contribution in [2.24, 2.45) is 5.92 Å². The van der Waals surface area contributed by atoms with Gasteiger partial charge in [0.1, 0.15) is 0 Å². The van der Waals surface area contributed by atoms with Crippen LogP contribution in [0.4, 0.5) is 5.69 Å². The van der Waals surface area contributed by atoms with Crippen LogP contribution >= 0.6 is 11.6 Å². The number of benzene rings is 1. The van der Waals surface area contributed by atoms with E-state index >= 15 is 0 Å². The second kappa shape index (κ2) is 4.32. The van der Waals surface area contributed by atoms with Gasteiger partial charge in [0.2, 0.25) is 0 Å². The lowest BCUT2D eigenvalue weighted by Gasteiger charge is -2.06. The number of halogens is 1. The van der Waals surface area contributed by atoms with Gasteiger partial charge in [-0.1, -0.05) is 11.6 Å². The molecule has 4 heteroatoms. The summed E-state index contributed by atoms with van der Waals surface area (Å²) in [6.45, 7) is 3.01. The molecule has 2 aromatic rings. The van der Waals surface area contributed by atoms with Gasteiger partial charge < -0.3 is 5.73 Å². The first-order valence-electron chi connectivity index (χ1n) is 6.22. The lowest BCUT2D eigenvalue weighted by molar-refractivity contribution is 0.563.